The summed E-state index contributed by atoms with van der Waals surface area (Å²) in [5.74, 6) is -8.68. The van der Waals surface area contributed by atoms with Crippen LogP contribution in [0.15, 0.2) is 60.7 Å². The van der Waals surface area contributed by atoms with Crippen molar-refractivity contribution in [3.05, 3.63) is 77.4 Å². The normalized spacial score (nSPS) is 31.0. The first kappa shape index (κ1) is 30.4. The molecular formula is C31H25BrCl2N2O8. The van der Waals surface area contributed by atoms with Crippen LogP contribution in [-0.2, 0) is 25.6 Å². The molecular weight excluding hydrogens is 679 g/mol. The van der Waals surface area contributed by atoms with Crippen molar-refractivity contribution < 1.29 is 39.3 Å². The average molecular weight is 704 g/mol. The summed E-state index contributed by atoms with van der Waals surface area (Å²) in [7, 11) is 0. The summed E-state index contributed by atoms with van der Waals surface area (Å²) in [6.45, 7) is 3.73. The molecule has 0 unspecified atom stereocenters. The van der Waals surface area contributed by atoms with Crippen LogP contribution in [0, 0.1) is 17.8 Å². The number of anilines is 1. The zero-order valence-electron chi connectivity index (χ0n) is 22.9. The fourth-order valence-corrected chi connectivity index (χ4v) is 8.77. The Bertz CT molecular complexity index is 1730. The van der Waals surface area contributed by atoms with E-state index in [-0.39, 0.29) is 35.3 Å². The minimum absolute atomic E-state index is 0.00885. The van der Waals surface area contributed by atoms with Crippen LogP contribution in [0.5, 0.6) is 11.5 Å². The number of hydrogen-bond donors (Lipinski definition) is 3. The number of allylic oxidation sites excluding steroid dienone is 3. The molecule has 6 atom stereocenters. The van der Waals surface area contributed by atoms with Crippen molar-refractivity contribution in [3.8, 4) is 11.5 Å². The zero-order chi connectivity index (χ0) is 31.9. The maximum atomic E-state index is 14.1. The minimum Gasteiger partial charge on any atom is -0.507 e. The smallest absolute Gasteiger partial charge is 0.339 e. The van der Waals surface area contributed by atoms with E-state index in [9.17, 15) is 39.3 Å². The topological polar surface area (TPSA) is 153 Å². The first-order valence-corrected chi connectivity index (χ1v) is 15.6. The fourth-order valence-electron chi connectivity index (χ4n) is 7.36. The van der Waals surface area contributed by atoms with Gasteiger partial charge < -0.3 is 15.3 Å². The molecule has 10 nitrogen and oxygen atoms in total. The van der Waals surface area contributed by atoms with E-state index in [2.05, 4.69) is 22.5 Å². The molecule has 0 aromatic heterocycles. The van der Waals surface area contributed by atoms with Gasteiger partial charge in [-0.1, -0.05) is 51.9 Å². The number of rotatable bonds is 6. The number of aromatic hydroxyl groups is 2. The van der Waals surface area contributed by atoms with Crippen molar-refractivity contribution >= 4 is 74.4 Å². The predicted molar refractivity (Wildman–Crippen MR) is 163 cm³/mol. The van der Waals surface area contributed by atoms with Gasteiger partial charge >= 0.3 is 5.97 Å². The fraction of sp³-hybridized carbons (Fsp3) is 0.323. The number of likely N-dealkylation sites (tertiary alicyclic amines) is 1. The number of fused-ring (bicyclic) bond motifs is 4. The van der Waals surface area contributed by atoms with Gasteiger partial charge in [-0.05, 0) is 42.9 Å². The molecule has 2 saturated heterocycles. The Morgan fingerprint density at radius 1 is 1.07 bits per heavy atom. The molecule has 3 N–H and O–H groups in total. The van der Waals surface area contributed by atoms with Gasteiger partial charge in [-0.25, -0.2) is 9.69 Å². The second-order valence-corrected chi connectivity index (χ2v) is 13.1. The van der Waals surface area contributed by atoms with E-state index >= 15 is 0 Å². The van der Waals surface area contributed by atoms with Gasteiger partial charge in [0.1, 0.15) is 17.1 Å². The lowest BCUT2D eigenvalue weighted by Crippen LogP contribution is -2.60. The molecule has 44 heavy (non-hydrogen) atoms. The monoisotopic (exact) mass is 702 g/mol. The number of phenols is 2. The first-order valence-electron chi connectivity index (χ1n) is 13.7. The van der Waals surface area contributed by atoms with E-state index in [0.29, 0.717) is 17.6 Å². The van der Waals surface area contributed by atoms with Crippen LogP contribution in [0.25, 0.3) is 0 Å². The molecule has 6 rings (SSSR count). The Morgan fingerprint density at radius 3 is 2.43 bits per heavy atom. The number of hydrogen-bond acceptors (Lipinski definition) is 7. The van der Waals surface area contributed by atoms with Crippen molar-refractivity contribution in [2.24, 2.45) is 17.8 Å². The number of nitrogens with zero attached hydrogens (tertiary/aromatic N) is 2. The quantitative estimate of drug-likeness (QED) is 0.173. The van der Waals surface area contributed by atoms with E-state index in [4.69, 9.17) is 23.2 Å². The number of phenolic OH excluding ortho intramolecular Hbond substituents is 1. The maximum absolute atomic E-state index is 14.1. The highest BCUT2D eigenvalue weighted by molar-refractivity contribution is 9.09. The van der Waals surface area contributed by atoms with Crippen molar-refractivity contribution in [1.82, 2.24) is 4.90 Å². The lowest BCUT2D eigenvalue weighted by Gasteiger charge is -2.50. The number of para-hydroxylation sites is 1. The molecule has 2 aromatic carbocycles. The summed E-state index contributed by atoms with van der Waals surface area (Å²) in [5.41, 5.74) is 0.676. The number of carbonyl (C=O) groups is 5. The second kappa shape index (κ2) is 10.5. The predicted octanol–water partition coefficient (Wildman–Crippen LogP) is 4.44. The van der Waals surface area contributed by atoms with E-state index < -0.39 is 74.3 Å². The lowest BCUT2D eigenvalue weighted by molar-refractivity contribution is -0.138. The molecule has 228 valence electrons. The number of alkyl halides is 3. The molecule has 0 radical (unpaired) electrons. The maximum Gasteiger partial charge on any atom is 0.339 e. The lowest BCUT2D eigenvalue weighted by atomic mass is 9.56. The molecule has 4 aliphatic rings. The van der Waals surface area contributed by atoms with Crippen molar-refractivity contribution in [2.75, 3.05) is 10.4 Å². The summed E-state index contributed by atoms with van der Waals surface area (Å²) in [6.07, 6.45) is 3.50. The summed E-state index contributed by atoms with van der Waals surface area (Å²) in [4.78, 5) is 64.6. The van der Waals surface area contributed by atoms with Gasteiger partial charge in [-0.2, -0.15) is 0 Å². The van der Waals surface area contributed by atoms with Gasteiger partial charge in [0.25, 0.3) is 11.8 Å². The number of carbonyl (C=O) groups excluding carboxylic acids is 4. The summed E-state index contributed by atoms with van der Waals surface area (Å²) in [5, 5.41) is 31.0. The van der Waals surface area contributed by atoms with Crippen LogP contribution in [0.4, 0.5) is 5.69 Å². The molecule has 1 saturated carbocycles. The van der Waals surface area contributed by atoms with Crippen LogP contribution in [-0.4, -0.2) is 65.0 Å². The third kappa shape index (κ3) is 3.88. The average Bonchev–Trinajstić information content (AvgIpc) is 3.32. The summed E-state index contributed by atoms with van der Waals surface area (Å²) >= 11 is 17.6. The van der Waals surface area contributed by atoms with Gasteiger partial charge in [-0.15, -0.1) is 29.8 Å². The number of carboxylic acid groups (broad SMARTS) is 1. The molecule has 0 bridgehead atoms. The van der Waals surface area contributed by atoms with Crippen LogP contribution < -0.4 is 4.90 Å². The van der Waals surface area contributed by atoms with Gasteiger partial charge in [0.15, 0.2) is 9.75 Å². The number of aromatic carboxylic acids is 1. The number of amides is 4. The van der Waals surface area contributed by atoms with Gasteiger partial charge in [0.05, 0.1) is 23.0 Å². The van der Waals surface area contributed by atoms with Crippen molar-refractivity contribution in [1.29, 1.82) is 0 Å². The van der Waals surface area contributed by atoms with Crippen LogP contribution in [0.1, 0.15) is 40.2 Å². The van der Waals surface area contributed by atoms with Crippen LogP contribution in [0.3, 0.4) is 0 Å². The van der Waals surface area contributed by atoms with Gasteiger partial charge in [0.2, 0.25) is 11.8 Å². The summed E-state index contributed by atoms with van der Waals surface area (Å²) < 4.78 is 0. The minimum atomic E-state index is -2.07. The van der Waals surface area contributed by atoms with Crippen LogP contribution in [0.2, 0.25) is 0 Å². The Labute approximate surface area is 269 Å². The molecule has 13 heteroatoms. The highest BCUT2D eigenvalue weighted by Gasteiger charge is 2.76. The molecule has 0 spiro atoms. The summed E-state index contributed by atoms with van der Waals surface area (Å²) in [6, 6.07) is 8.37. The van der Waals surface area contributed by atoms with Crippen molar-refractivity contribution in [2.45, 2.75) is 34.9 Å². The van der Waals surface area contributed by atoms with E-state index in [1.165, 1.54) is 6.07 Å². The number of halogens is 3. The second-order valence-electron chi connectivity index (χ2n) is 11.4. The van der Waals surface area contributed by atoms with Crippen molar-refractivity contribution in [3.63, 3.8) is 0 Å². The van der Waals surface area contributed by atoms with Gasteiger partial charge in [-0.3, -0.25) is 24.1 Å². The van der Waals surface area contributed by atoms with Crippen LogP contribution >= 0.6 is 39.1 Å². The Morgan fingerprint density at radius 2 is 1.80 bits per heavy atom. The largest absolute Gasteiger partial charge is 0.507 e. The molecule has 2 aliphatic heterocycles. The molecule has 3 fully saturated rings. The Balaban J connectivity index is 1.51. The third-order valence-electron chi connectivity index (χ3n) is 9.31. The standard InChI is InChI=1S/C31H25BrCl2N2O8/c1-2-4-14-5-3-6-19(24(14)38)23-16-9-10-18-22(20(16)12-30(33)28(43)35(13-32)29(44)31(23,30)34)26(40)36(25(18)39)15-7-8-17(27(41)42)21(37)11-15/h2-3,5-9,11,18,20,22-23,37-38H,1,4,10,12-13H2,(H,41,42)/t18-,20+,22-,23+,30+,31-/m0/s1. The highest BCUT2D eigenvalue weighted by atomic mass is 79.9. The molecule has 2 aliphatic carbocycles. The first-order chi connectivity index (χ1) is 20.8. The third-order valence-corrected chi connectivity index (χ3v) is 11.2. The number of imide groups is 2. The van der Waals surface area contributed by atoms with E-state index in [1.54, 1.807) is 30.4 Å². The molecule has 2 aromatic rings. The van der Waals surface area contributed by atoms with E-state index in [1.807, 2.05) is 0 Å². The highest BCUT2D eigenvalue weighted by Crippen LogP contribution is 2.66. The Kier molecular flexibility index (Phi) is 7.22. The zero-order valence-corrected chi connectivity index (χ0v) is 26.0. The van der Waals surface area contributed by atoms with E-state index in [0.717, 1.165) is 21.9 Å². The SMILES string of the molecule is C=CCc1cccc([C@H]2C3=CC[C@@H]4C(=O)N(c5ccc(C(=O)O)c(O)c5)C(=O)[C@@H]4[C@@H]3C[C@@]3(Cl)C(=O)N(CBr)C(=O)[C@@]23Cl)c1O. The number of benzene rings is 2. The molecule has 2 heterocycles. The Hall–Kier alpha value is -3.67. The van der Waals surface area contributed by atoms with Gasteiger partial charge in [0, 0.05) is 17.5 Å². The molecule has 4 amide bonds. The number of carboxylic acids is 1.